The van der Waals surface area contributed by atoms with Gasteiger partial charge in [-0.2, -0.15) is 0 Å². The maximum absolute atomic E-state index is 12.7. The number of benzene rings is 2. The lowest BCUT2D eigenvalue weighted by molar-refractivity contribution is -0.384. The van der Waals surface area contributed by atoms with Gasteiger partial charge >= 0.3 is 0 Å². The molecule has 0 saturated heterocycles. The highest BCUT2D eigenvalue weighted by Crippen LogP contribution is 2.22. The number of non-ortho nitro benzene ring substituents is 1. The molecule has 0 saturated carbocycles. The summed E-state index contributed by atoms with van der Waals surface area (Å²) in [6.07, 6.45) is 0.892. The van der Waals surface area contributed by atoms with Crippen LogP contribution in [0.5, 0.6) is 0 Å². The molecule has 1 heterocycles. The summed E-state index contributed by atoms with van der Waals surface area (Å²) < 4.78 is 0. The van der Waals surface area contributed by atoms with Crippen molar-refractivity contribution in [3.05, 3.63) is 80.1 Å². The molecule has 3 aromatic rings. The minimum absolute atomic E-state index is 0.0825. The van der Waals surface area contributed by atoms with Crippen LogP contribution in [0.4, 0.5) is 11.4 Å². The van der Waals surface area contributed by atoms with Crippen LogP contribution in [0.25, 0.3) is 10.9 Å². The summed E-state index contributed by atoms with van der Waals surface area (Å²) in [6.45, 7) is 0.920. The van der Waals surface area contributed by atoms with E-state index >= 15 is 0 Å². The van der Waals surface area contributed by atoms with Gasteiger partial charge in [-0.1, -0.05) is 12.1 Å². The molecule has 2 N–H and O–H groups in total. The van der Waals surface area contributed by atoms with Crippen LogP contribution >= 0.6 is 0 Å². The van der Waals surface area contributed by atoms with Gasteiger partial charge in [-0.05, 0) is 44.3 Å². The van der Waals surface area contributed by atoms with Gasteiger partial charge in [0.2, 0.25) is 5.56 Å². The van der Waals surface area contributed by atoms with Gasteiger partial charge in [-0.3, -0.25) is 19.7 Å². The quantitative estimate of drug-likeness (QED) is 0.505. The Balaban J connectivity index is 1.87. The van der Waals surface area contributed by atoms with Gasteiger partial charge in [0.15, 0.2) is 0 Å². The van der Waals surface area contributed by atoms with E-state index in [0.29, 0.717) is 16.6 Å². The highest BCUT2D eigenvalue weighted by Gasteiger charge is 2.15. The first-order valence-corrected chi connectivity index (χ1v) is 8.70. The van der Waals surface area contributed by atoms with E-state index in [1.54, 1.807) is 12.1 Å². The van der Waals surface area contributed by atoms with Crippen molar-refractivity contribution in [2.24, 2.45) is 0 Å². The van der Waals surface area contributed by atoms with Crippen LogP contribution in [-0.2, 0) is 6.42 Å². The van der Waals surface area contributed by atoms with Crippen LogP contribution in [0.2, 0.25) is 0 Å². The number of carbonyl (C=O) groups excluding carboxylic acids is 1. The number of H-pyrrole nitrogens is 1. The Labute approximate surface area is 161 Å². The fourth-order valence-electron chi connectivity index (χ4n) is 2.85. The monoisotopic (exact) mass is 380 g/mol. The largest absolute Gasteiger partial charge is 0.322 e. The molecule has 1 amide bonds. The molecule has 0 fully saturated rings. The number of hydrogen-bond donors (Lipinski definition) is 2. The molecule has 8 nitrogen and oxygen atoms in total. The lowest BCUT2D eigenvalue weighted by Crippen LogP contribution is -2.17. The van der Waals surface area contributed by atoms with Crippen LogP contribution in [0.1, 0.15) is 15.9 Å². The Morgan fingerprint density at radius 1 is 1.14 bits per heavy atom. The van der Waals surface area contributed by atoms with E-state index in [9.17, 15) is 19.7 Å². The first kappa shape index (κ1) is 19.2. The number of nitro groups is 1. The molecule has 0 aliphatic rings. The smallest absolute Gasteiger partial charge is 0.270 e. The first-order chi connectivity index (χ1) is 13.3. The molecule has 3 rings (SSSR count). The van der Waals surface area contributed by atoms with Crippen molar-refractivity contribution in [1.29, 1.82) is 0 Å². The van der Waals surface area contributed by atoms with Crippen LogP contribution in [0, 0.1) is 10.1 Å². The molecule has 0 aliphatic carbocycles. The van der Waals surface area contributed by atoms with Crippen molar-refractivity contribution in [1.82, 2.24) is 9.88 Å². The molecule has 0 bridgehead atoms. The van der Waals surface area contributed by atoms with Crippen molar-refractivity contribution < 1.29 is 9.72 Å². The van der Waals surface area contributed by atoms with Crippen LogP contribution in [-0.4, -0.2) is 41.4 Å². The van der Waals surface area contributed by atoms with Gasteiger partial charge < -0.3 is 15.2 Å². The molecule has 0 aliphatic heterocycles. The maximum atomic E-state index is 12.7. The molecule has 0 radical (unpaired) electrons. The number of hydrogen-bond acceptors (Lipinski definition) is 5. The van der Waals surface area contributed by atoms with Crippen LogP contribution < -0.4 is 10.9 Å². The summed E-state index contributed by atoms with van der Waals surface area (Å²) in [5.41, 5.74) is 1.56. The lowest BCUT2D eigenvalue weighted by Gasteiger charge is -2.11. The molecule has 144 valence electrons. The number of anilines is 1. The Hall–Kier alpha value is -3.52. The summed E-state index contributed by atoms with van der Waals surface area (Å²) in [6, 6.07) is 12.6. The lowest BCUT2D eigenvalue weighted by atomic mass is 10.1. The third-order valence-corrected chi connectivity index (χ3v) is 4.34. The molecule has 1 aromatic heterocycles. The highest BCUT2D eigenvalue weighted by atomic mass is 16.6. The van der Waals surface area contributed by atoms with Crippen molar-refractivity contribution in [3.8, 4) is 0 Å². The van der Waals surface area contributed by atoms with E-state index in [2.05, 4.69) is 15.2 Å². The number of nitro benzene ring substituents is 1. The van der Waals surface area contributed by atoms with E-state index in [4.69, 9.17) is 0 Å². The normalized spacial score (nSPS) is 11.0. The number of likely N-dealkylation sites (N-methyl/N-ethyl adjacent to an activating group) is 1. The maximum Gasteiger partial charge on any atom is 0.270 e. The average molecular weight is 380 g/mol. The van der Waals surface area contributed by atoms with Gasteiger partial charge in [-0.15, -0.1) is 0 Å². The minimum Gasteiger partial charge on any atom is -0.322 e. The van der Waals surface area contributed by atoms with E-state index < -0.39 is 16.4 Å². The molecular weight excluding hydrogens is 360 g/mol. The Bertz CT molecular complexity index is 1090. The first-order valence-electron chi connectivity index (χ1n) is 8.70. The number of nitrogens with one attached hydrogen (secondary N) is 2. The third-order valence-electron chi connectivity index (χ3n) is 4.34. The second-order valence-corrected chi connectivity index (χ2v) is 6.74. The fraction of sp³-hybridized carbons (Fsp3) is 0.200. The second-order valence-electron chi connectivity index (χ2n) is 6.74. The molecular formula is C20H20N4O4. The Morgan fingerprint density at radius 3 is 2.50 bits per heavy atom. The number of amides is 1. The zero-order valence-electron chi connectivity index (χ0n) is 15.6. The number of aromatic nitrogens is 1. The van der Waals surface area contributed by atoms with Crippen LogP contribution in [0.15, 0.2) is 53.3 Å². The zero-order valence-corrected chi connectivity index (χ0v) is 15.6. The predicted octanol–water partition coefficient (Wildman–Crippen LogP) is 2.79. The number of nitrogens with zero attached hydrogens (tertiary/aromatic N) is 2. The zero-order chi connectivity index (χ0) is 20.3. The molecule has 8 heteroatoms. The Kier molecular flexibility index (Phi) is 5.51. The van der Waals surface area contributed by atoms with Gasteiger partial charge in [0, 0.05) is 41.3 Å². The van der Waals surface area contributed by atoms with Gasteiger partial charge in [0.25, 0.3) is 11.6 Å². The SMILES string of the molecule is CN(C)CCc1ccc(NC(=O)c2cc(=O)[nH]c3ccc([N+](=O)[O-])cc23)cc1. The van der Waals surface area contributed by atoms with Gasteiger partial charge in [0.05, 0.1) is 10.5 Å². The fourth-order valence-corrected chi connectivity index (χ4v) is 2.85. The number of carbonyl (C=O) groups is 1. The molecule has 0 atom stereocenters. The molecule has 28 heavy (non-hydrogen) atoms. The van der Waals surface area contributed by atoms with E-state index in [0.717, 1.165) is 24.6 Å². The van der Waals surface area contributed by atoms with E-state index in [1.165, 1.54) is 18.2 Å². The van der Waals surface area contributed by atoms with E-state index in [1.807, 2.05) is 26.2 Å². The molecule has 0 spiro atoms. The van der Waals surface area contributed by atoms with Gasteiger partial charge in [0.1, 0.15) is 0 Å². The predicted molar refractivity (Wildman–Crippen MR) is 108 cm³/mol. The summed E-state index contributed by atoms with van der Waals surface area (Å²) in [4.78, 5) is 39.8. The van der Waals surface area contributed by atoms with Crippen LogP contribution in [0.3, 0.4) is 0 Å². The summed E-state index contributed by atoms with van der Waals surface area (Å²) in [5.74, 6) is -0.502. The van der Waals surface area contributed by atoms with Crippen molar-refractivity contribution >= 4 is 28.2 Å². The standard InChI is InChI=1S/C20H20N4O4/c1-23(2)10-9-13-3-5-14(6-4-13)21-20(26)17-12-19(25)22-18-8-7-15(24(27)28)11-16(17)18/h3-8,11-12H,9-10H2,1-2H3,(H,21,26)(H,22,25). The number of fused-ring (bicyclic) bond motifs is 1. The number of pyridine rings is 1. The summed E-state index contributed by atoms with van der Waals surface area (Å²) in [5, 5.41) is 14.1. The van der Waals surface area contributed by atoms with Gasteiger partial charge in [-0.25, -0.2) is 0 Å². The van der Waals surface area contributed by atoms with Crippen molar-refractivity contribution in [2.75, 3.05) is 26.0 Å². The number of aromatic amines is 1. The van der Waals surface area contributed by atoms with Crippen molar-refractivity contribution in [3.63, 3.8) is 0 Å². The molecule has 0 unspecified atom stereocenters. The molecule has 2 aromatic carbocycles. The summed E-state index contributed by atoms with van der Waals surface area (Å²) in [7, 11) is 4.01. The summed E-state index contributed by atoms with van der Waals surface area (Å²) >= 11 is 0. The second kappa shape index (κ2) is 8.01. The Morgan fingerprint density at radius 2 is 1.86 bits per heavy atom. The minimum atomic E-state index is -0.543. The van der Waals surface area contributed by atoms with E-state index in [-0.39, 0.29) is 11.3 Å². The van der Waals surface area contributed by atoms with Crippen molar-refractivity contribution in [2.45, 2.75) is 6.42 Å². The average Bonchev–Trinajstić information content (AvgIpc) is 2.66. The highest BCUT2D eigenvalue weighted by molar-refractivity contribution is 6.12. The topological polar surface area (TPSA) is 108 Å². The third kappa shape index (κ3) is 4.41. The number of rotatable bonds is 6.